The van der Waals surface area contributed by atoms with Gasteiger partial charge >= 0.3 is 0 Å². The molecule has 0 fully saturated rings. The molecule has 1 atom stereocenters. The first kappa shape index (κ1) is 32.2. The molecular weight excluding hydrogens is 590 g/mol. The van der Waals surface area contributed by atoms with Crippen LogP contribution in [0.25, 0.3) is 0 Å². The number of hydrogen-bond acceptors (Lipinski definition) is 11. The number of ether oxygens (including phenoxy) is 4. The van der Waals surface area contributed by atoms with E-state index in [1.807, 2.05) is 39.0 Å². The van der Waals surface area contributed by atoms with Gasteiger partial charge in [0, 0.05) is 12.1 Å². The van der Waals surface area contributed by atoms with Gasteiger partial charge in [0.05, 0.1) is 34.3 Å². The maximum absolute atomic E-state index is 13.0. The SMILES string of the molecule is CCOc1cc(/C=N\NC(=O)[C@H](CC(C)C)NC(=O)c2cc([N+](=O)[O-])cc([N+](=O)[O-])c2)ccc1OCc1ccc2c(c1)OCO2. The molecule has 3 aromatic rings. The molecule has 0 aliphatic carbocycles. The number of nitro benzene ring substituents is 2. The second-order valence-corrected chi connectivity index (χ2v) is 10.3. The average molecular weight is 622 g/mol. The zero-order chi connectivity index (χ0) is 32.5. The highest BCUT2D eigenvalue weighted by Crippen LogP contribution is 2.34. The molecular formula is C30H31N5O10. The Morgan fingerprint density at radius 1 is 0.956 bits per heavy atom. The van der Waals surface area contributed by atoms with Crippen LogP contribution in [0.1, 0.15) is 48.7 Å². The number of hydrazone groups is 1. The maximum atomic E-state index is 13.0. The molecule has 15 heteroatoms. The van der Waals surface area contributed by atoms with Crippen molar-refractivity contribution in [3.8, 4) is 23.0 Å². The molecule has 1 aliphatic heterocycles. The highest BCUT2D eigenvalue weighted by Gasteiger charge is 2.25. The van der Waals surface area contributed by atoms with Gasteiger partial charge in [-0.05, 0) is 60.7 Å². The summed E-state index contributed by atoms with van der Waals surface area (Å²) in [5.74, 6) is 0.713. The molecule has 0 aromatic heterocycles. The minimum atomic E-state index is -1.08. The van der Waals surface area contributed by atoms with E-state index in [4.69, 9.17) is 18.9 Å². The summed E-state index contributed by atoms with van der Waals surface area (Å²) in [4.78, 5) is 46.6. The summed E-state index contributed by atoms with van der Waals surface area (Å²) in [6.07, 6.45) is 1.59. The third kappa shape index (κ3) is 8.65. The molecule has 0 saturated carbocycles. The highest BCUT2D eigenvalue weighted by atomic mass is 16.7. The minimum absolute atomic E-state index is 0.0385. The fourth-order valence-corrected chi connectivity index (χ4v) is 4.31. The Morgan fingerprint density at radius 2 is 1.67 bits per heavy atom. The van der Waals surface area contributed by atoms with Crippen LogP contribution in [0.15, 0.2) is 59.7 Å². The first-order chi connectivity index (χ1) is 21.5. The van der Waals surface area contributed by atoms with Crippen molar-refractivity contribution in [3.63, 3.8) is 0 Å². The van der Waals surface area contributed by atoms with Gasteiger partial charge in [-0.3, -0.25) is 29.8 Å². The fourth-order valence-electron chi connectivity index (χ4n) is 4.31. The van der Waals surface area contributed by atoms with Crippen molar-refractivity contribution in [1.29, 1.82) is 0 Å². The van der Waals surface area contributed by atoms with Gasteiger partial charge in [-0.2, -0.15) is 5.10 Å². The zero-order valence-electron chi connectivity index (χ0n) is 24.7. The van der Waals surface area contributed by atoms with Gasteiger partial charge in [-0.1, -0.05) is 19.9 Å². The van der Waals surface area contributed by atoms with Gasteiger partial charge in [0.2, 0.25) is 6.79 Å². The van der Waals surface area contributed by atoms with E-state index < -0.39 is 39.1 Å². The fraction of sp³-hybridized carbons (Fsp3) is 0.300. The van der Waals surface area contributed by atoms with Gasteiger partial charge in [-0.25, -0.2) is 5.43 Å². The highest BCUT2D eigenvalue weighted by molar-refractivity contribution is 5.98. The summed E-state index contributed by atoms with van der Waals surface area (Å²) in [6, 6.07) is 12.1. The molecule has 3 aromatic carbocycles. The number of non-ortho nitro benzene ring substituents is 2. The van der Waals surface area contributed by atoms with Crippen molar-refractivity contribution < 1.29 is 38.4 Å². The van der Waals surface area contributed by atoms with Crippen LogP contribution in [0.3, 0.4) is 0 Å². The molecule has 236 valence electrons. The number of nitrogens with zero attached hydrogens (tertiary/aromatic N) is 3. The first-order valence-corrected chi connectivity index (χ1v) is 13.9. The monoisotopic (exact) mass is 621 g/mol. The number of rotatable bonds is 14. The number of carbonyl (C=O) groups excluding carboxylic acids is 2. The lowest BCUT2D eigenvalue weighted by Crippen LogP contribution is -2.46. The van der Waals surface area contributed by atoms with E-state index in [2.05, 4.69) is 15.8 Å². The molecule has 0 saturated heterocycles. The second kappa shape index (κ2) is 14.6. The maximum Gasteiger partial charge on any atom is 0.277 e. The van der Waals surface area contributed by atoms with E-state index in [1.54, 1.807) is 18.2 Å². The lowest BCUT2D eigenvalue weighted by Gasteiger charge is -2.19. The van der Waals surface area contributed by atoms with Gasteiger partial charge in [0.15, 0.2) is 23.0 Å². The summed E-state index contributed by atoms with van der Waals surface area (Å²) in [5.41, 5.74) is 2.27. The number of nitrogens with one attached hydrogen (secondary N) is 2. The summed E-state index contributed by atoms with van der Waals surface area (Å²) in [5, 5.41) is 28.9. The predicted molar refractivity (Wildman–Crippen MR) is 161 cm³/mol. The van der Waals surface area contributed by atoms with Crippen molar-refractivity contribution >= 4 is 29.4 Å². The van der Waals surface area contributed by atoms with Crippen LogP contribution in [0.4, 0.5) is 11.4 Å². The summed E-state index contributed by atoms with van der Waals surface area (Å²) < 4.78 is 22.4. The largest absolute Gasteiger partial charge is 0.490 e. The smallest absolute Gasteiger partial charge is 0.277 e. The summed E-state index contributed by atoms with van der Waals surface area (Å²) in [7, 11) is 0. The number of nitro groups is 2. The second-order valence-electron chi connectivity index (χ2n) is 10.3. The van der Waals surface area contributed by atoms with Crippen LogP contribution >= 0.6 is 0 Å². The van der Waals surface area contributed by atoms with Crippen LogP contribution in [-0.4, -0.2) is 47.3 Å². The normalized spacial score (nSPS) is 12.5. The van der Waals surface area contributed by atoms with E-state index in [1.165, 1.54) is 6.21 Å². The van der Waals surface area contributed by atoms with Crippen molar-refractivity contribution in [3.05, 3.63) is 91.5 Å². The van der Waals surface area contributed by atoms with Gasteiger partial charge in [-0.15, -0.1) is 0 Å². The van der Waals surface area contributed by atoms with Crippen LogP contribution < -0.4 is 29.7 Å². The first-order valence-electron chi connectivity index (χ1n) is 13.9. The Kier molecular flexibility index (Phi) is 10.5. The Labute approximate surface area is 257 Å². The number of amides is 2. The van der Waals surface area contributed by atoms with Crippen LogP contribution in [0.2, 0.25) is 0 Å². The predicted octanol–water partition coefficient (Wildman–Crippen LogP) is 4.50. The molecule has 2 amide bonds. The standard InChI is InChI=1S/C30H31N5O10/c1-4-42-27-10-19(5-7-25(27)43-16-20-6-8-26-28(11-20)45-17-44-26)15-31-33-30(37)24(9-18(2)3)32-29(36)21-12-22(34(38)39)14-23(13-21)35(40)41/h5-8,10-15,18,24H,4,9,16-17H2,1-3H3,(H,32,36)(H,33,37)/b31-15-/t24-/m0/s1. The third-order valence-corrected chi connectivity index (χ3v) is 6.40. The Hall–Kier alpha value is -5.73. The average Bonchev–Trinajstić information content (AvgIpc) is 3.48. The molecule has 0 bridgehead atoms. The molecule has 0 radical (unpaired) electrons. The lowest BCUT2D eigenvalue weighted by atomic mass is 10.0. The van der Waals surface area contributed by atoms with Crippen molar-refractivity contribution in [2.45, 2.75) is 39.8 Å². The molecule has 45 heavy (non-hydrogen) atoms. The number of hydrogen-bond donors (Lipinski definition) is 2. The van der Waals surface area contributed by atoms with Gasteiger partial charge < -0.3 is 24.3 Å². The molecule has 4 rings (SSSR count). The quantitative estimate of drug-likeness (QED) is 0.147. The minimum Gasteiger partial charge on any atom is -0.490 e. The lowest BCUT2D eigenvalue weighted by molar-refractivity contribution is -0.394. The topological polar surface area (TPSA) is 194 Å². The van der Waals surface area contributed by atoms with E-state index in [-0.39, 0.29) is 31.3 Å². The van der Waals surface area contributed by atoms with E-state index >= 15 is 0 Å². The Bertz CT molecular complexity index is 1590. The van der Waals surface area contributed by atoms with E-state index in [0.717, 1.165) is 23.8 Å². The number of benzene rings is 3. The van der Waals surface area contributed by atoms with Gasteiger partial charge in [0.25, 0.3) is 23.2 Å². The van der Waals surface area contributed by atoms with Crippen LogP contribution in [0.5, 0.6) is 23.0 Å². The number of carbonyl (C=O) groups is 2. The van der Waals surface area contributed by atoms with Crippen molar-refractivity contribution in [2.75, 3.05) is 13.4 Å². The van der Waals surface area contributed by atoms with Gasteiger partial charge in [0.1, 0.15) is 12.6 Å². The molecule has 0 spiro atoms. The van der Waals surface area contributed by atoms with E-state index in [9.17, 15) is 29.8 Å². The van der Waals surface area contributed by atoms with Crippen LogP contribution in [-0.2, 0) is 11.4 Å². The Morgan fingerprint density at radius 3 is 2.33 bits per heavy atom. The molecule has 1 heterocycles. The molecule has 15 nitrogen and oxygen atoms in total. The molecule has 1 aliphatic rings. The zero-order valence-corrected chi connectivity index (χ0v) is 24.7. The number of fused-ring (bicyclic) bond motifs is 1. The van der Waals surface area contributed by atoms with Crippen molar-refractivity contribution in [2.24, 2.45) is 11.0 Å². The van der Waals surface area contributed by atoms with Crippen molar-refractivity contribution in [1.82, 2.24) is 10.7 Å². The third-order valence-electron chi connectivity index (χ3n) is 6.40. The van der Waals surface area contributed by atoms with E-state index in [0.29, 0.717) is 35.2 Å². The summed E-state index contributed by atoms with van der Waals surface area (Å²) in [6.45, 7) is 6.31. The Balaban J connectivity index is 1.42. The van der Waals surface area contributed by atoms with Crippen LogP contribution in [0, 0.1) is 26.1 Å². The summed E-state index contributed by atoms with van der Waals surface area (Å²) >= 11 is 0. The molecule has 0 unspecified atom stereocenters. The molecule has 2 N–H and O–H groups in total.